The lowest BCUT2D eigenvalue weighted by Crippen LogP contribution is -2.50. The number of nitrogens with one attached hydrogen (secondary N) is 2. The molecule has 1 aliphatic heterocycles. The van der Waals surface area contributed by atoms with E-state index in [9.17, 15) is 14.4 Å². The number of hydrogen-bond acceptors (Lipinski definition) is 6. The molecule has 1 aliphatic carbocycles. The summed E-state index contributed by atoms with van der Waals surface area (Å²) in [6, 6.07) is 19.3. The zero-order chi connectivity index (χ0) is 26.0. The minimum Gasteiger partial charge on any atom is -0.457 e. The molecular weight excluding hydrogens is 488 g/mol. The molecule has 3 atom stereocenters. The standard InChI is InChI=1S/C28H26N4O4S/c1-28-12-23(27(35)30-15-22-11-18(14-29)17-37-22)32(24(28)13-28)25(33)16-31-26(34)19-7-9-21(10-8-19)36-20-5-3-2-4-6-20/h2-11,17,23-24H,12-13,15-16H2,1H3,(H,30,35)(H,31,34)/t23-,24-,28+/m0/s1. The fourth-order valence-corrected chi connectivity index (χ4v) is 5.58. The summed E-state index contributed by atoms with van der Waals surface area (Å²) in [4.78, 5) is 41.3. The van der Waals surface area contributed by atoms with Gasteiger partial charge in [-0.25, -0.2) is 0 Å². The molecule has 2 aromatic carbocycles. The summed E-state index contributed by atoms with van der Waals surface area (Å²) in [5.74, 6) is 0.443. The van der Waals surface area contributed by atoms with Crippen LogP contribution >= 0.6 is 11.3 Å². The fourth-order valence-electron chi connectivity index (χ4n) is 4.83. The zero-order valence-electron chi connectivity index (χ0n) is 20.3. The van der Waals surface area contributed by atoms with Crippen LogP contribution in [0.25, 0.3) is 0 Å². The highest BCUT2D eigenvalue weighted by molar-refractivity contribution is 7.10. The van der Waals surface area contributed by atoms with Gasteiger partial charge in [0.1, 0.15) is 23.6 Å². The van der Waals surface area contributed by atoms with E-state index in [1.165, 1.54) is 11.3 Å². The van der Waals surface area contributed by atoms with Crippen LogP contribution in [0.4, 0.5) is 0 Å². The van der Waals surface area contributed by atoms with Crippen LogP contribution < -0.4 is 15.4 Å². The molecule has 8 nitrogen and oxygen atoms in total. The lowest BCUT2D eigenvalue weighted by Gasteiger charge is -2.27. The first kappa shape index (κ1) is 24.5. The first-order valence-electron chi connectivity index (χ1n) is 12.0. The van der Waals surface area contributed by atoms with Crippen LogP contribution in [0.1, 0.15) is 40.6 Å². The smallest absolute Gasteiger partial charge is 0.251 e. The molecule has 5 rings (SSSR count). The molecular formula is C28H26N4O4S. The van der Waals surface area contributed by atoms with Crippen molar-refractivity contribution in [1.29, 1.82) is 5.26 Å². The number of thiophene rings is 1. The number of carbonyl (C=O) groups excluding carboxylic acids is 3. The second-order valence-electron chi connectivity index (χ2n) is 9.65. The molecule has 1 saturated carbocycles. The second-order valence-corrected chi connectivity index (χ2v) is 10.6. The van der Waals surface area contributed by atoms with E-state index in [0.717, 1.165) is 11.3 Å². The summed E-state index contributed by atoms with van der Waals surface area (Å²) in [6.45, 7) is 2.21. The molecule has 1 saturated heterocycles. The van der Waals surface area contributed by atoms with Gasteiger partial charge in [-0.15, -0.1) is 11.3 Å². The molecule has 1 aromatic heterocycles. The van der Waals surface area contributed by atoms with Crippen molar-refractivity contribution in [3.8, 4) is 17.6 Å². The van der Waals surface area contributed by atoms with Gasteiger partial charge in [-0.2, -0.15) is 5.26 Å². The van der Waals surface area contributed by atoms with Crippen LogP contribution in [0, 0.1) is 16.7 Å². The van der Waals surface area contributed by atoms with E-state index < -0.39 is 6.04 Å². The van der Waals surface area contributed by atoms with Gasteiger partial charge in [0.15, 0.2) is 0 Å². The number of para-hydroxylation sites is 1. The Hall–Kier alpha value is -4.16. The Bertz CT molecular complexity index is 1360. The Morgan fingerprint density at radius 1 is 1.08 bits per heavy atom. The maximum atomic E-state index is 13.1. The van der Waals surface area contributed by atoms with E-state index in [2.05, 4.69) is 23.6 Å². The molecule has 0 spiro atoms. The van der Waals surface area contributed by atoms with Crippen molar-refractivity contribution in [3.63, 3.8) is 0 Å². The number of hydrogen-bond donors (Lipinski definition) is 2. The van der Waals surface area contributed by atoms with E-state index in [-0.39, 0.29) is 35.7 Å². The number of ether oxygens (including phenoxy) is 1. The second kappa shape index (κ2) is 10.1. The first-order chi connectivity index (χ1) is 17.9. The van der Waals surface area contributed by atoms with Gasteiger partial charge in [0.2, 0.25) is 11.8 Å². The Morgan fingerprint density at radius 3 is 2.51 bits per heavy atom. The number of likely N-dealkylation sites (tertiary alicyclic amines) is 1. The van der Waals surface area contributed by atoms with Crippen molar-refractivity contribution in [3.05, 3.63) is 82.0 Å². The largest absolute Gasteiger partial charge is 0.457 e. The van der Waals surface area contributed by atoms with E-state index in [0.29, 0.717) is 35.6 Å². The van der Waals surface area contributed by atoms with E-state index >= 15 is 0 Å². The molecule has 3 aromatic rings. The summed E-state index contributed by atoms with van der Waals surface area (Å²) < 4.78 is 5.75. The third kappa shape index (κ3) is 5.34. The van der Waals surface area contributed by atoms with Gasteiger partial charge in [-0.1, -0.05) is 25.1 Å². The maximum absolute atomic E-state index is 13.1. The summed E-state index contributed by atoms with van der Waals surface area (Å²) in [7, 11) is 0. The third-order valence-electron chi connectivity index (χ3n) is 6.94. The number of fused-ring (bicyclic) bond motifs is 1. The monoisotopic (exact) mass is 514 g/mol. The molecule has 0 bridgehead atoms. The Balaban J connectivity index is 1.16. The number of nitrogens with zero attached hydrogens (tertiary/aromatic N) is 2. The predicted octanol–water partition coefficient (Wildman–Crippen LogP) is 3.84. The van der Waals surface area contributed by atoms with E-state index in [4.69, 9.17) is 10.00 Å². The summed E-state index contributed by atoms with van der Waals surface area (Å²) in [5, 5.41) is 16.3. The first-order valence-corrected chi connectivity index (χ1v) is 12.9. The predicted molar refractivity (Wildman–Crippen MR) is 138 cm³/mol. The normalized spacial score (nSPS) is 21.5. The molecule has 37 heavy (non-hydrogen) atoms. The molecule has 188 valence electrons. The highest BCUT2D eigenvalue weighted by atomic mass is 32.1. The summed E-state index contributed by atoms with van der Waals surface area (Å²) >= 11 is 1.41. The van der Waals surface area contributed by atoms with Crippen LogP contribution in [-0.4, -0.2) is 41.2 Å². The molecule has 3 amide bonds. The van der Waals surface area contributed by atoms with Gasteiger partial charge in [0.25, 0.3) is 5.91 Å². The highest BCUT2D eigenvalue weighted by Gasteiger charge is 2.64. The average Bonchev–Trinajstić information content (AvgIpc) is 3.23. The van der Waals surface area contributed by atoms with Crippen LogP contribution in [0.15, 0.2) is 66.0 Å². The number of amides is 3. The Labute approximate surface area is 218 Å². The molecule has 0 radical (unpaired) electrons. The Kier molecular flexibility index (Phi) is 6.68. The van der Waals surface area contributed by atoms with Gasteiger partial charge >= 0.3 is 0 Å². The lowest BCUT2D eigenvalue weighted by atomic mass is 10.0. The summed E-state index contributed by atoms with van der Waals surface area (Å²) in [6.07, 6.45) is 1.45. The van der Waals surface area contributed by atoms with Crippen LogP contribution in [-0.2, 0) is 16.1 Å². The molecule has 0 unspecified atom stereocenters. The number of carbonyl (C=O) groups is 3. The molecule has 2 heterocycles. The minimum atomic E-state index is -0.571. The summed E-state index contributed by atoms with van der Waals surface area (Å²) in [5.41, 5.74) is 0.912. The van der Waals surface area contributed by atoms with Crippen molar-refractivity contribution >= 4 is 29.1 Å². The van der Waals surface area contributed by atoms with Gasteiger partial charge < -0.3 is 20.3 Å². The van der Waals surface area contributed by atoms with Crippen LogP contribution in [0.5, 0.6) is 11.5 Å². The SMILES string of the molecule is C[C@@]12C[C@@H]1N(C(=O)CNC(=O)c1ccc(Oc3ccccc3)cc1)[C@H](C(=O)NCc1cc(C#N)cs1)C2. The third-order valence-corrected chi connectivity index (χ3v) is 7.88. The van der Waals surface area contributed by atoms with Gasteiger partial charge in [0, 0.05) is 21.9 Å². The van der Waals surface area contributed by atoms with Gasteiger partial charge in [-0.05, 0) is 60.7 Å². The number of benzene rings is 2. The highest BCUT2D eigenvalue weighted by Crippen LogP contribution is 2.59. The zero-order valence-corrected chi connectivity index (χ0v) is 21.1. The number of rotatable bonds is 8. The Morgan fingerprint density at radius 2 is 1.81 bits per heavy atom. The van der Waals surface area contributed by atoms with Gasteiger partial charge in [-0.3, -0.25) is 14.4 Å². The fraction of sp³-hybridized carbons (Fsp3) is 0.286. The molecule has 2 aliphatic rings. The van der Waals surface area contributed by atoms with Crippen molar-refractivity contribution in [2.24, 2.45) is 5.41 Å². The molecule has 2 fully saturated rings. The van der Waals surface area contributed by atoms with E-state index in [1.807, 2.05) is 30.3 Å². The van der Waals surface area contributed by atoms with Crippen molar-refractivity contribution in [2.45, 2.75) is 38.4 Å². The topological polar surface area (TPSA) is 112 Å². The van der Waals surface area contributed by atoms with Crippen LogP contribution in [0.3, 0.4) is 0 Å². The lowest BCUT2D eigenvalue weighted by molar-refractivity contribution is -0.139. The molecule has 9 heteroatoms. The van der Waals surface area contributed by atoms with Crippen molar-refractivity contribution in [1.82, 2.24) is 15.5 Å². The van der Waals surface area contributed by atoms with Crippen molar-refractivity contribution < 1.29 is 19.1 Å². The van der Waals surface area contributed by atoms with Crippen molar-refractivity contribution in [2.75, 3.05) is 6.54 Å². The number of piperidine rings is 1. The maximum Gasteiger partial charge on any atom is 0.251 e. The minimum absolute atomic E-state index is 0.00833. The molecule has 2 N–H and O–H groups in total. The van der Waals surface area contributed by atoms with Crippen LogP contribution in [0.2, 0.25) is 0 Å². The average molecular weight is 515 g/mol. The van der Waals surface area contributed by atoms with E-state index in [1.54, 1.807) is 40.6 Å². The quantitative estimate of drug-likeness (QED) is 0.475. The number of nitriles is 1. The van der Waals surface area contributed by atoms with Gasteiger partial charge in [0.05, 0.1) is 18.7 Å².